The lowest BCUT2D eigenvalue weighted by molar-refractivity contribution is 0.326. The molecule has 2 rings (SSSR count). The van der Waals surface area contributed by atoms with E-state index in [4.69, 9.17) is 19.9 Å². The van der Waals surface area contributed by atoms with E-state index in [1.54, 1.807) is 7.11 Å². The molecule has 0 saturated carbocycles. The zero-order valence-electron chi connectivity index (χ0n) is 11.5. The molecule has 0 atom stereocenters. The van der Waals surface area contributed by atoms with Gasteiger partial charge in [-0.2, -0.15) is 0 Å². The molecule has 0 unspecified atom stereocenters. The van der Waals surface area contributed by atoms with E-state index in [1.165, 1.54) is 0 Å². The first-order valence-electron chi connectivity index (χ1n) is 6.27. The fraction of sp³-hybridized carbons (Fsp3) is 0.188. The molecule has 2 N–H and O–H groups in total. The molecular formula is C16H18NO3. The summed E-state index contributed by atoms with van der Waals surface area (Å²) < 4.78 is 15.6. The van der Waals surface area contributed by atoms with Crippen LogP contribution in [0, 0.1) is 7.11 Å². The van der Waals surface area contributed by atoms with E-state index in [0.29, 0.717) is 5.75 Å². The highest BCUT2D eigenvalue weighted by molar-refractivity contribution is 5.43. The molecule has 2 aromatic carbocycles. The first kappa shape index (κ1) is 14.2. The number of hydrogen-bond acceptors (Lipinski definition) is 4. The first-order chi connectivity index (χ1) is 9.76. The Hall–Kier alpha value is -2.20. The van der Waals surface area contributed by atoms with Gasteiger partial charge in [0.15, 0.2) is 0 Å². The Bertz CT molecular complexity index is 552. The third kappa shape index (κ3) is 3.42. The minimum Gasteiger partial charge on any atom is -0.496 e. The SMILES string of the molecule is [CH2]Oc1ccc(Cc2ccc(OCN)cc2OC)cc1. The minimum atomic E-state index is 0.148. The van der Waals surface area contributed by atoms with Crippen molar-refractivity contribution in [3.05, 3.63) is 60.7 Å². The summed E-state index contributed by atoms with van der Waals surface area (Å²) in [6.07, 6.45) is 0.767. The van der Waals surface area contributed by atoms with Crippen molar-refractivity contribution in [2.45, 2.75) is 6.42 Å². The predicted octanol–water partition coefficient (Wildman–Crippen LogP) is 2.75. The zero-order valence-corrected chi connectivity index (χ0v) is 11.5. The molecule has 4 heteroatoms. The van der Waals surface area contributed by atoms with E-state index in [9.17, 15) is 0 Å². The summed E-state index contributed by atoms with van der Waals surface area (Å²) in [7, 11) is 5.02. The second kappa shape index (κ2) is 6.82. The molecule has 20 heavy (non-hydrogen) atoms. The standard InChI is InChI=1S/C16H18NO3/c1-18-14-6-3-12(4-7-14)9-13-5-8-15(20-11-17)10-16(13)19-2/h3-8,10H,1,9,11,17H2,2H3. The van der Waals surface area contributed by atoms with Crippen LogP contribution in [0.4, 0.5) is 0 Å². The van der Waals surface area contributed by atoms with Crippen LogP contribution in [0.3, 0.4) is 0 Å². The van der Waals surface area contributed by atoms with Crippen LogP contribution < -0.4 is 19.9 Å². The highest BCUT2D eigenvalue weighted by Gasteiger charge is 2.06. The molecule has 1 radical (unpaired) electrons. The van der Waals surface area contributed by atoms with Gasteiger partial charge in [-0.05, 0) is 29.3 Å². The Balaban J connectivity index is 2.18. The lowest BCUT2D eigenvalue weighted by Gasteiger charge is -2.11. The van der Waals surface area contributed by atoms with Gasteiger partial charge < -0.3 is 14.2 Å². The van der Waals surface area contributed by atoms with E-state index < -0.39 is 0 Å². The second-order valence-corrected chi connectivity index (χ2v) is 4.25. The van der Waals surface area contributed by atoms with Gasteiger partial charge in [0, 0.05) is 12.5 Å². The van der Waals surface area contributed by atoms with Gasteiger partial charge in [0.25, 0.3) is 0 Å². The van der Waals surface area contributed by atoms with E-state index in [0.717, 1.165) is 29.0 Å². The average Bonchev–Trinajstić information content (AvgIpc) is 2.50. The Labute approximate surface area is 119 Å². The van der Waals surface area contributed by atoms with Gasteiger partial charge in [0.2, 0.25) is 0 Å². The summed E-state index contributed by atoms with van der Waals surface area (Å²) in [6.45, 7) is 0.148. The maximum Gasteiger partial charge on any atom is 0.137 e. The average molecular weight is 272 g/mol. The number of ether oxygens (including phenoxy) is 3. The van der Waals surface area contributed by atoms with Crippen LogP contribution in [0.2, 0.25) is 0 Å². The molecule has 0 aliphatic carbocycles. The minimum absolute atomic E-state index is 0.148. The number of nitrogens with two attached hydrogens (primary N) is 1. The van der Waals surface area contributed by atoms with Crippen LogP contribution in [-0.2, 0) is 6.42 Å². The molecule has 0 aliphatic heterocycles. The summed E-state index contributed by atoms with van der Waals surface area (Å²) in [5.74, 6) is 2.23. The van der Waals surface area contributed by atoms with Gasteiger partial charge >= 0.3 is 0 Å². The Morgan fingerprint density at radius 3 is 2.35 bits per heavy atom. The lowest BCUT2D eigenvalue weighted by Crippen LogP contribution is -2.07. The van der Waals surface area contributed by atoms with Crippen molar-refractivity contribution in [3.63, 3.8) is 0 Å². The highest BCUT2D eigenvalue weighted by Crippen LogP contribution is 2.27. The zero-order chi connectivity index (χ0) is 14.4. The van der Waals surface area contributed by atoms with Crippen molar-refractivity contribution in [3.8, 4) is 17.2 Å². The van der Waals surface area contributed by atoms with E-state index in [-0.39, 0.29) is 6.73 Å². The van der Waals surface area contributed by atoms with Gasteiger partial charge in [-0.3, -0.25) is 5.73 Å². The molecular weight excluding hydrogens is 254 g/mol. The molecule has 0 spiro atoms. The quantitative estimate of drug-likeness (QED) is 0.821. The van der Waals surface area contributed by atoms with Crippen LogP contribution in [-0.4, -0.2) is 13.8 Å². The van der Waals surface area contributed by atoms with E-state index in [1.807, 2.05) is 42.5 Å². The van der Waals surface area contributed by atoms with Crippen molar-refractivity contribution >= 4 is 0 Å². The number of rotatable bonds is 6. The monoisotopic (exact) mass is 272 g/mol. The molecule has 0 fully saturated rings. The van der Waals surface area contributed by atoms with Crippen molar-refractivity contribution < 1.29 is 14.2 Å². The number of benzene rings is 2. The molecule has 0 saturated heterocycles. The molecule has 0 amide bonds. The van der Waals surface area contributed by atoms with Crippen LogP contribution >= 0.6 is 0 Å². The maximum atomic E-state index is 5.39. The highest BCUT2D eigenvalue weighted by atomic mass is 16.5. The Kier molecular flexibility index (Phi) is 4.85. The first-order valence-corrected chi connectivity index (χ1v) is 6.27. The van der Waals surface area contributed by atoms with Gasteiger partial charge in [0.05, 0.1) is 7.11 Å². The summed E-state index contributed by atoms with van der Waals surface area (Å²) in [5, 5.41) is 0. The summed E-state index contributed by atoms with van der Waals surface area (Å²) >= 11 is 0. The third-order valence-electron chi connectivity index (χ3n) is 2.99. The van der Waals surface area contributed by atoms with Gasteiger partial charge in [0.1, 0.15) is 31.1 Å². The number of methoxy groups -OCH3 is 1. The Morgan fingerprint density at radius 2 is 1.75 bits per heavy atom. The lowest BCUT2D eigenvalue weighted by atomic mass is 10.0. The van der Waals surface area contributed by atoms with Crippen molar-refractivity contribution in [1.82, 2.24) is 0 Å². The largest absolute Gasteiger partial charge is 0.496 e. The smallest absolute Gasteiger partial charge is 0.137 e. The summed E-state index contributed by atoms with van der Waals surface area (Å²) in [4.78, 5) is 0. The molecule has 0 bridgehead atoms. The fourth-order valence-electron chi connectivity index (χ4n) is 1.98. The van der Waals surface area contributed by atoms with Crippen molar-refractivity contribution in [2.24, 2.45) is 5.73 Å². The normalized spacial score (nSPS) is 10.2. The molecule has 0 heterocycles. The van der Waals surface area contributed by atoms with Gasteiger partial charge in [-0.1, -0.05) is 18.2 Å². The molecule has 2 aromatic rings. The van der Waals surface area contributed by atoms with Gasteiger partial charge in [-0.25, -0.2) is 0 Å². The topological polar surface area (TPSA) is 53.7 Å². The number of hydrogen-bond donors (Lipinski definition) is 1. The predicted molar refractivity (Wildman–Crippen MR) is 77.9 cm³/mol. The van der Waals surface area contributed by atoms with Crippen LogP contribution in [0.5, 0.6) is 17.2 Å². The van der Waals surface area contributed by atoms with Gasteiger partial charge in [-0.15, -0.1) is 0 Å². The Morgan fingerprint density at radius 1 is 1.05 bits per heavy atom. The van der Waals surface area contributed by atoms with Crippen LogP contribution in [0.25, 0.3) is 0 Å². The molecule has 0 aliphatic rings. The molecule has 4 nitrogen and oxygen atoms in total. The van der Waals surface area contributed by atoms with Crippen LogP contribution in [0.1, 0.15) is 11.1 Å². The van der Waals surface area contributed by atoms with E-state index in [2.05, 4.69) is 7.11 Å². The summed E-state index contributed by atoms with van der Waals surface area (Å²) in [5.41, 5.74) is 7.61. The molecule has 105 valence electrons. The van der Waals surface area contributed by atoms with Crippen molar-refractivity contribution in [1.29, 1.82) is 0 Å². The third-order valence-corrected chi connectivity index (χ3v) is 2.99. The fourth-order valence-corrected chi connectivity index (χ4v) is 1.98. The van der Waals surface area contributed by atoms with Crippen molar-refractivity contribution in [2.75, 3.05) is 13.8 Å². The second-order valence-electron chi connectivity index (χ2n) is 4.25. The van der Waals surface area contributed by atoms with E-state index >= 15 is 0 Å². The maximum absolute atomic E-state index is 5.39. The molecule has 0 aromatic heterocycles. The summed E-state index contributed by atoms with van der Waals surface area (Å²) in [6, 6.07) is 13.5. The van der Waals surface area contributed by atoms with Crippen LogP contribution in [0.15, 0.2) is 42.5 Å².